The lowest BCUT2D eigenvalue weighted by Gasteiger charge is -2.38. The van der Waals surface area contributed by atoms with Crippen molar-refractivity contribution >= 4 is 17.6 Å². The first-order valence-electron chi connectivity index (χ1n) is 9.30. The number of methoxy groups -OCH3 is 1. The van der Waals surface area contributed by atoms with Gasteiger partial charge in [-0.25, -0.2) is 4.79 Å². The number of nitrogens with one attached hydrogen (secondary N) is 1. The maximum absolute atomic E-state index is 12.6. The second-order valence-electron chi connectivity index (χ2n) is 6.52. The highest BCUT2D eigenvalue weighted by atomic mass is 16.5. The first-order valence-corrected chi connectivity index (χ1v) is 9.30. The van der Waals surface area contributed by atoms with E-state index >= 15 is 0 Å². The zero-order valence-electron chi connectivity index (χ0n) is 16.3. The summed E-state index contributed by atoms with van der Waals surface area (Å²) in [5.74, 6) is 2.00. The lowest BCUT2D eigenvalue weighted by molar-refractivity contribution is -0.138. The van der Waals surface area contributed by atoms with Gasteiger partial charge < -0.3 is 24.6 Å². The van der Waals surface area contributed by atoms with Gasteiger partial charge in [-0.1, -0.05) is 6.07 Å². The van der Waals surface area contributed by atoms with Crippen LogP contribution in [0.1, 0.15) is 13.8 Å². The maximum Gasteiger partial charge on any atom is 0.322 e. The summed E-state index contributed by atoms with van der Waals surface area (Å²) < 4.78 is 11.0. The lowest BCUT2D eigenvalue weighted by atomic mass is 10.2. The number of anilines is 1. The van der Waals surface area contributed by atoms with E-state index in [1.807, 2.05) is 25.1 Å². The highest BCUT2D eigenvalue weighted by Gasteiger charge is 2.33. The Bertz CT molecular complexity index is 838. The summed E-state index contributed by atoms with van der Waals surface area (Å²) >= 11 is 0. The predicted octanol–water partition coefficient (Wildman–Crippen LogP) is 3.57. The largest absolute Gasteiger partial charge is 0.497 e. The summed E-state index contributed by atoms with van der Waals surface area (Å²) in [6.07, 6.45) is 0. The van der Waals surface area contributed by atoms with E-state index < -0.39 is 6.04 Å². The van der Waals surface area contributed by atoms with Gasteiger partial charge in [0, 0.05) is 31.4 Å². The average molecular weight is 383 g/mol. The molecule has 1 aliphatic heterocycles. The smallest absolute Gasteiger partial charge is 0.322 e. The minimum absolute atomic E-state index is 0.0223. The molecule has 0 saturated carbocycles. The zero-order valence-corrected chi connectivity index (χ0v) is 16.3. The van der Waals surface area contributed by atoms with E-state index in [2.05, 4.69) is 5.32 Å². The molecule has 1 aliphatic rings. The van der Waals surface area contributed by atoms with Crippen LogP contribution in [-0.4, -0.2) is 54.5 Å². The van der Waals surface area contributed by atoms with Crippen molar-refractivity contribution in [3.05, 3.63) is 48.5 Å². The molecule has 1 unspecified atom stereocenters. The fraction of sp³-hybridized carbons (Fsp3) is 0.333. The number of hydrogen-bond acceptors (Lipinski definition) is 4. The van der Waals surface area contributed by atoms with Crippen molar-refractivity contribution in [2.45, 2.75) is 19.9 Å². The number of carbonyl (C=O) groups is 2. The number of benzene rings is 2. The van der Waals surface area contributed by atoms with E-state index in [9.17, 15) is 9.59 Å². The topological polar surface area (TPSA) is 71.1 Å². The number of piperazine rings is 1. The SMILES string of the molecule is CCN1CCN(C(=O)Nc2ccc(Oc3cccc(OC)c3)cc2)C(C)C1=O. The molecule has 7 nitrogen and oxygen atoms in total. The standard InChI is InChI=1S/C21H25N3O4/c1-4-23-12-13-24(15(2)20(23)25)21(26)22-16-8-10-17(11-9-16)28-19-7-5-6-18(14-19)27-3/h5-11,14-15H,4,12-13H2,1-3H3,(H,22,26). The average Bonchev–Trinajstić information content (AvgIpc) is 2.71. The normalized spacial score (nSPS) is 16.7. The van der Waals surface area contributed by atoms with Gasteiger partial charge in [-0.3, -0.25) is 4.79 Å². The molecule has 148 valence electrons. The quantitative estimate of drug-likeness (QED) is 0.857. The van der Waals surface area contributed by atoms with Gasteiger partial charge in [0.05, 0.1) is 7.11 Å². The molecule has 2 aromatic carbocycles. The summed E-state index contributed by atoms with van der Waals surface area (Å²) in [6, 6.07) is 13.7. The Hall–Kier alpha value is -3.22. The van der Waals surface area contributed by atoms with Crippen LogP contribution in [0.4, 0.5) is 10.5 Å². The number of amides is 3. The van der Waals surface area contributed by atoms with Gasteiger partial charge in [0.25, 0.3) is 0 Å². The minimum atomic E-state index is -0.468. The molecule has 1 heterocycles. The number of urea groups is 1. The number of likely N-dealkylation sites (N-methyl/N-ethyl adjacent to an activating group) is 1. The van der Waals surface area contributed by atoms with Crippen molar-refractivity contribution in [1.29, 1.82) is 0 Å². The van der Waals surface area contributed by atoms with Crippen molar-refractivity contribution in [2.24, 2.45) is 0 Å². The Labute approximate surface area is 164 Å². The van der Waals surface area contributed by atoms with E-state index in [1.54, 1.807) is 54.2 Å². The predicted molar refractivity (Wildman–Crippen MR) is 107 cm³/mol. The van der Waals surface area contributed by atoms with Crippen LogP contribution in [0.25, 0.3) is 0 Å². The van der Waals surface area contributed by atoms with Gasteiger partial charge in [0.2, 0.25) is 5.91 Å². The molecule has 1 fully saturated rings. The number of nitrogens with zero attached hydrogens (tertiary/aromatic N) is 2. The number of ether oxygens (including phenoxy) is 2. The molecule has 0 spiro atoms. The second-order valence-corrected chi connectivity index (χ2v) is 6.52. The third kappa shape index (κ3) is 4.36. The summed E-state index contributed by atoms with van der Waals surface area (Å²) in [6.45, 7) is 5.43. The van der Waals surface area contributed by atoms with Crippen LogP contribution in [0.3, 0.4) is 0 Å². The van der Waals surface area contributed by atoms with Crippen LogP contribution in [0.15, 0.2) is 48.5 Å². The third-order valence-corrected chi connectivity index (χ3v) is 4.77. The van der Waals surface area contributed by atoms with Gasteiger partial charge >= 0.3 is 6.03 Å². The Morgan fingerprint density at radius 3 is 2.50 bits per heavy atom. The van der Waals surface area contributed by atoms with Crippen LogP contribution in [0.5, 0.6) is 17.2 Å². The summed E-state index contributed by atoms with van der Waals surface area (Å²) in [4.78, 5) is 28.2. The van der Waals surface area contributed by atoms with Gasteiger partial charge in [-0.2, -0.15) is 0 Å². The maximum atomic E-state index is 12.6. The van der Waals surface area contributed by atoms with Crippen molar-refractivity contribution in [2.75, 3.05) is 32.1 Å². The van der Waals surface area contributed by atoms with Crippen LogP contribution in [-0.2, 0) is 4.79 Å². The van der Waals surface area contributed by atoms with Crippen molar-refractivity contribution in [3.8, 4) is 17.2 Å². The van der Waals surface area contributed by atoms with Crippen LogP contribution < -0.4 is 14.8 Å². The highest BCUT2D eigenvalue weighted by Crippen LogP contribution is 2.26. The summed E-state index contributed by atoms with van der Waals surface area (Å²) in [5.41, 5.74) is 0.639. The zero-order chi connectivity index (χ0) is 20.1. The first-order chi connectivity index (χ1) is 13.5. The van der Waals surface area contributed by atoms with E-state index in [-0.39, 0.29) is 11.9 Å². The monoisotopic (exact) mass is 383 g/mol. The summed E-state index contributed by atoms with van der Waals surface area (Å²) in [5, 5.41) is 2.85. The molecule has 2 aromatic rings. The van der Waals surface area contributed by atoms with Crippen LogP contribution >= 0.6 is 0 Å². The molecule has 1 N–H and O–H groups in total. The summed E-state index contributed by atoms with van der Waals surface area (Å²) in [7, 11) is 1.60. The highest BCUT2D eigenvalue weighted by molar-refractivity contribution is 5.94. The van der Waals surface area contributed by atoms with Gasteiger partial charge in [0.1, 0.15) is 23.3 Å². The molecule has 7 heteroatoms. The lowest BCUT2D eigenvalue weighted by Crippen LogP contribution is -2.58. The number of carbonyl (C=O) groups excluding carboxylic acids is 2. The molecule has 28 heavy (non-hydrogen) atoms. The molecule has 1 saturated heterocycles. The van der Waals surface area contributed by atoms with E-state index in [0.29, 0.717) is 42.6 Å². The molecule has 3 amide bonds. The molecular formula is C21H25N3O4. The van der Waals surface area contributed by atoms with Crippen molar-refractivity contribution < 1.29 is 19.1 Å². The van der Waals surface area contributed by atoms with E-state index in [4.69, 9.17) is 9.47 Å². The second kappa shape index (κ2) is 8.65. The Kier molecular flexibility index (Phi) is 6.03. The fourth-order valence-electron chi connectivity index (χ4n) is 3.12. The molecule has 3 rings (SSSR count). The van der Waals surface area contributed by atoms with Crippen LogP contribution in [0.2, 0.25) is 0 Å². The molecule has 0 bridgehead atoms. The third-order valence-electron chi connectivity index (χ3n) is 4.77. The molecule has 1 atom stereocenters. The van der Waals surface area contributed by atoms with Crippen LogP contribution in [0, 0.1) is 0 Å². The number of hydrogen-bond donors (Lipinski definition) is 1. The number of rotatable bonds is 5. The first kappa shape index (κ1) is 19.5. The van der Waals surface area contributed by atoms with Crippen molar-refractivity contribution in [1.82, 2.24) is 9.80 Å². The minimum Gasteiger partial charge on any atom is -0.497 e. The van der Waals surface area contributed by atoms with Crippen molar-refractivity contribution in [3.63, 3.8) is 0 Å². The van der Waals surface area contributed by atoms with Gasteiger partial charge in [0.15, 0.2) is 0 Å². The van der Waals surface area contributed by atoms with Gasteiger partial charge in [-0.15, -0.1) is 0 Å². The molecule has 0 aromatic heterocycles. The van der Waals surface area contributed by atoms with E-state index in [1.165, 1.54) is 0 Å². The molecule has 0 aliphatic carbocycles. The molecular weight excluding hydrogens is 358 g/mol. The Morgan fingerprint density at radius 1 is 1.11 bits per heavy atom. The molecule has 0 radical (unpaired) electrons. The van der Waals surface area contributed by atoms with E-state index in [0.717, 1.165) is 0 Å². The fourth-order valence-corrected chi connectivity index (χ4v) is 3.12. The van der Waals surface area contributed by atoms with Gasteiger partial charge in [-0.05, 0) is 50.2 Å². The Balaban J connectivity index is 1.61. The Morgan fingerprint density at radius 2 is 1.82 bits per heavy atom.